The predicted octanol–water partition coefficient (Wildman–Crippen LogP) is 4.09. The molecule has 45 heavy (non-hydrogen) atoms. The summed E-state index contributed by atoms with van der Waals surface area (Å²) < 4.78 is 14.5. The van der Waals surface area contributed by atoms with Crippen LogP contribution < -0.4 is 11.3 Å². The van der Waals surface area contributed by atoms with Crippen molar-refractivity contribution in [3.63, 3.8) is 0 Å². The standard InChI is InChI=1S/C33H36N6O5.K/c1-2-5-28-27(18-21-8-10-22(11-9-21)25-6-3-4-7-26(25)29-36-32(41)44-37-29)30(40)38(31-34-20-35-39(28)31)23-12-14-24(15-13-23)43-19-33(42)16-17-33;/h3-4,6-11,20,23-24,42H,2,5,12-19H2,1H3,(H,36,37,41);. The SMILES string of the molecule is CCCc1c(Cc2ccc(-c3ccccc3-c3noc(=O)[nH]3)cc2)c(=O)n(C2CCC(OCC3(O)CC3)CC2)c2ncnn12.[K]. The van der Waals surface area contributed by atoms with Crippen LogP contribution in [-0.2, 0) is 17.6 Å². The molecule has 2 aliphatic carbocycles. The van der Waals surface area contributed by atoms with Gasteiger partial charge in [-0.05, 0) is 61.6 Å². The molecular formula is C33H36KN6O5. The fraction of sp³-hybridized carbons (Fsp3) is 0.424. The average Bonchev–Trinajstić information content (AvgIpc) is 3.37. The molecule has 0 amide bonds. The number of benzene rings is 2. The smallest absolute Gasteiger partial charge is 0.387 e. The number of ether oxygens (including phenoxy) is 1. The molecule has 2 saturated carbocycles. The molecule has 0 unspecified atom stereocenters. The van der Waals surface area contributed by atoms with Crippen molar-refractivity contribution >= 4 is 57.2 Å². The molecule has 11 nitrogen and oxygen atoms in total. The normalized spacial score (nSPS) is 19.0. The zero-order chi connectivity index (χ0) is 30.3. The second kappa shape index (κ2) is 13.6. The van der Waals surface area contributed by atoms with E-state index in [9.17, 15) is 14.7 Å². The van der Waals surface area contributed by atoms with E-state index >= 15 is 0 Å². The van der Waals surface area contributed by atoms with Gasteiger partial charge < -0.3 is 9.84 Å². The Morgan fingerprint density at radius 3 is 2.44 bits per heavy atom. The van der Waals surface area contributed by atoms with Gasteiger partial charge >= 0.3 is 5.76 Å². The van der Waals surface area contributed by atoms with Crippen molar-refractivity contribution in [1.29, 1.82) is 0 Å². The summed E-state index contributed by atoms with van der Waals surface area (Å²) in [6, 6.07) is 15.8. The molecule has 5 aromatic rings. The number of aromatic nitrogens is 6. The van der Waals surface area contributed by atoms with Crippen LogP contribution >= 0.6 is 0 Å². The van der Waals surface area contributed by atoms with Crippen molar-refractivity contribution in [1.82, 2.24) is 29.3 Å². The monoisotopic (exact) mass is 635 g/mol. The number of H-pyrrole nitrogens is 1. The maximum absolute atomic E-state index is 14.3. The maximum Gasteiger partial charge on any atom is 0.439 e. The number of hydrogen-bond donors (Lipinski definition) is 2. The van der Waals surface area contributed by atoms with E-state index in [2.05, 4.69) is 27.1 Å². The Kier molecular flexibility index (Phi) is 9.72. The van der Waals surface area contributed by atoms with Crippen LogP contribution in [0.15, 0.2) is 69.0 Å². The summed E-state index contributed by atoms with van der Waals surface area (Å²) in [5.74, 6) is 0.371. The molecule has 3 aromatic heterocycles. The topological polar surface area (TPSA) is 141 Å². The van der Waals surface area contributed by atoms with E-state index in [4.69, 9.17) is 9.26 Å². The Morgan fingerprint density at radius 2 is 1.78 bits per heavy atom. The Hall–Kier alpha value is -2.71. The fourth-order valence-corrected chi connectivity index (χ4v) is 6.40. The van der Waals surface area contributed by atoms with Crippen molar-refractivity contribution in [2.75, 3.05) is 6.61 Å². The van der Waals surface area contributed by atoms with Crippen molar-refractivity contribution in [3.8, 4) is 22.5 Å². The Labute approximate surface area is 302 Å². The summed E-state index contributed by atoms with van der Waals surface area (Å²) in [5, 5.41) is 18.6. The summed E-state index contributed by atoms with van der Waals surface area (Å²) in [6.45, 7) is 2.50. The van der Waals surface area contributed by atoms with Gasteiger partial charge in [-0.2, -0.15) is 10.1 Å². The minimum atomic E-state index is -0.621. The van der Waals surface area contributed by atoms with Crippen LogP contribution in [-0.4, -0.2) is 104 Å². The molecule has 12 heteroatoms. The van der Waals surface area contributed by atoms with Gasteiger partial charge in [-0.3, -0.25) is 18.9 Å². The van der Waals surface area contributed by atoms with E-state index in [1.807, 2.05) is 57.6 Å². The van der Waals surface area contributed by atoms with Crippen LogP contribution in [0.1, 0.15) is 74.7 Å². The van der Waals surface area contributed by atoms with Crippen LogP contribution in [0, 0.1) is 0 Å². The number of aliphatic hydroxyl groups is 1. The number of aromatic amines is 1. The first-order chi connectivity index (χ1) is 21.4. The van der Waals surface area contributed by atoms with Crippen LogP contribution in [0.25, 0.3) is 28.3 Å². The quantitative estimate of drug-likeness (QED) is 0.219. The van der Waals surface area contributed by atoms with Crippen molar-refractivity contribution < 1.29 is 14.4 Å². The zero-order valence-corrected chi connectivity index (χ0v) is 28.9. The molecule has 0 spiro atoms. The van der Waals surface area contributed by atoms with Crippen LogP contribution in [0.5, 0.6) is 0 Å². The summed E-state index contributed by atoms with van der Waals surface area (Å²) in [5.41, 5.74) is 4.66. The fourth-order valence-electron chi connectivity index (χ4n) is 6.40. The first-order valence-corrected chi connectivity index (χ1v) is 15.5. The molecular weight excluding hydrogens is 599 g/mol. The minimum absolute atomic E-state index is 0. The van der Waals surface area contributed by atoms with Crippen LogP contribution in [0.2, 0.25) is 0 Å². The molecule has 2 aliphatic rings. The summed E-state index contributed by atoms with van der Waals surface area (Å²) in [4.78, 5) is 33.0. The third-order valence-corrected chi connectivity index (χ3v) is 9.01. The maximum atomic E-state index is 14.3. The molecule has 2 aromatic carbocycles. The van der Waals surface area contributed by atoms with Gasteiger partial charge in [0.25, 0.3) is 5.56 Å². The molecule has 2 N–H and O–H groups in total. The van der Waals surface area contributed by atoms with Crippen molar-refractivity contribution in [2.24, 2.45) is 0 Å². The molecule has 3 heterocycles. The Bertz CT molecular complexity index is 1900. The third kappa shape index (κ3) is 6.73. The summed E-state index contributed by atoms with van der Waals surface area (Å²) >= 11 is 0. The molecule has 0 saturated heterocycles. The number of aryl methyl sites for hydroxylation is 1. The third-order valence-electron chi connectivity index (χ3n) is 9.01. The van der Waals surface area contributed by atoms with Gasteiger partial charge in [0.2, 0.25) is 5.78 Å². The van der Waals surface area contributed by atoms with Gasteiger partial charge in [-0.25, -0.2) is 9.31 Å². The van der Waals surface area contributed by atoms with Gasteiger partial charge in [0.1, 0.15) is 6.33 Å². The van der Waals surface area contributed by atoms with E-state index in [1.54, 1.807) is 0 Å². The van der Waals surface area contributed by atoms with E-state index in [0.717, 1.165) is 84.9 Å². The predicted molar refractivity (Wildman–Crippen MR) is 169 cm³/mol. The number of nitrogens with zero attached hydrogens (tertiary/aromatic N) is 5. The van der Waals surface area contributed by atoms with Gasteiger partial charge in [0, 0.05) is 75.0 Å². The van der Waals surface area contributed by atoms with Gasteiger partial charge in [0.05, 0.1) is 24.0 Å². The summed E-state index contributed by atoms with van der Waals surface area (Å²) in [7, 11) is 0. The zero-order valence-electron chi connectivity index (χ0n) is 25.7. The average molecular weight is 636 g/mol. The molecule has 7 rings (SSSR count). The first kappa shape index (κ1) is 32.2. The van der Waals surface area contributed by atoms with Crippen LogP contribution in [0.4, 0.5) is 0 Å². The molecule has 0 atom stereocenters. The largest absolute Gasteiger partial charge is 0.439 e. The number of hydrogen-bond acceptors (Lipinski definition) is 8. The molecule has 0 bridgehead atoms. The van der Waals surface area contributed by atoms with Crippen LogP contribution in [0.3, 0.4) is 0 Å². The van der Waals surface area contributed by atoms with Gasteiger partial charge in [-0.15, -0.1) is 0 Å². The van der Waals surface area contributed by atoms with E-state index < -0.39 is 11.4 Å². The second-order valence-electron chi connectivity index (χ2n) is 12.2. The molecule has 229 valence electrons. The van der Waals surface area contributed by atoms with Crippen molar-refractivity contribution in [3.05, 3.63) is 92.6 Å². The molecule has 1 radical (unpaired) electrons. The number of rotatable bonds is 10. The second-order valence-corrected chi connectivity index (χ2v) is 12.2. The number of nitrogens with one attached hydrogen (secondary N) is 1. The molecule has 0 aliphatic heterocycles. The number of fused-ring (bicyclic) bond motifs is 1. The Morgan fingerprint density at radius 1 is 1.04 bits per heavy atom. The van der Waals surface area contributed by atoms with E-state index in [0.29, 0.717) is 24.6 Å². The van der Waals surface area contributed by atoms with Gasteiger partial charge in [0.15, 0.2) is 5.82 Å². The van der Waals surface area contributed by atoms with Gasteiger partial charge in [-0.1, -0.05) is 67.0 Å². The van der Waals surface area contributed by atoms with E-state index in [1.165, 1.54) is 6.33 Å². The van der Waals surface area contributed by atoms with E-state index in [-0.39, 0.29) is 69.1 Å². The first-order valence-electron chi connectivity index (χ1n) is 15.5. The minimum Gasteiger partial charge on any atom is -0.387 e. The summed E-state index contributed by atoms with van der Waals surface area (Å²) in [6.07, 6.45) is 8.63. The molecule has 2 fully saturated rings. The Balaban J connectivity index is 0.00000357. The van der Waals surface area contributed by atoms with Crippen molar-refractivity contribution in [2.45, 2.75) is 82.5 Å².